The molecule has 0 fully saturated rings. The Labute approximate surface area is 123 Å². The molecule has 21 heavy (non-hydrogen) atoms. The van der Waals surface area contributed by atoms with Crippen molar-refractivity contribution in [1.29, 1.82) is 0 Å². The minimum atomic E-state index is -3.72. The zero-order valence-electron chi connectivity index (χ0n) is 11.9. The monoisotopic (exact) mass is 308 g/mol. The highest BCUT2D eigenvalue weighted by Gasteiger charge is 2.20. The normalized spacial score (nSPS) is 11.6. The van der Waals surface area contributed by atoms with E-state index in [0.29, 0.717) is 11.1 Å². The third-order valence-corrected chi connectivity index (χ3v) is 4.96. The second-order valence-corrected chi connectivity index (χ2v) is 6.58. The van der Waals surface area contributed by atoms with Crippen LogP contribution in [0.4, 0.5) is 10.1 Å². The van der Waals surface area contributed by atoms with Crippen LogP contribution in [0.15, 0.2) is 41.3 Å². The summed E-state index contributed by atoms with van der Waals surface area (Å²) >= 11 is 0. The molecule has 0 unspecified atom stereocenters. The summed E-state index contributed by atoms with van der Waals surface area (Å²) in [6.45, 7) is 3.63. The van der Waals surface area contributed by atoms with Gasteiger partial charge < -0.3 is 5.73 Å². The van der Waals surface area contributed by atoms with Crippen LogP contribution in [0.1, 0.15) is 16.7 Å². The molecule has 0 bridgehead atoms. The van der Waals surface area contributed by atoms with Gasteiger partial charge in [-0.3, -0.25) is 0 Å². The summed E-state index contributed by atoms with van der Waals surface area (Å²) in [5.74, 6) is -0.361. The van der Waals surface area contributed by atoms with Crippen LogP contribution in [0.25, 0.3) is 0 Å². The highest BCUT2D eigenvalue weighted by atomic mass is 32.2. The second-order valence-electron chi connectivity index (χ2n) is 4.88. The quantitative estimate of drug-likeness (QED) is 0.852. The predicted octanol–water partition coefficient (Wildman–Crippen LogP) is 2.50. The first-order valence-corrected chi connectivity index (χ1v) is 7.89. The van der Waals surface area contributed by atoms with E-state index in [2.05, 4.69) is 4.72 Å². The number of aryl methyl sites for hydroxylation is 1. The van der Waals surface area contributed by atoms with Gasteiger partial charge in [0.25, 0.3) is 0 Å². The van der Waals surface area contributed by atoms with Gasteiger partial charge in [-0.2, -0.15) is 0 Å². The highest BCUT2D eigenvalue weighted by Crippen LogP contribution is 2.25. The molecule has 0 saturated carbocycles. The number of sulfonamides is 1. The first-order chi connectivity index (χ1) is 9.81. The molecule has 4 nitrogen and oxygen atoms in total. The lowest BCUT2D eigenvalue weighted by Crippen LogP contribution is -2.25. The van der Waals surface area contributed by atoms with Gasteiger partial charge in [0.2, 0.25) is 10.0 Å². The molecule has 0 aliphatic rings. The van der Waals surface area contributed by atoms with Crippen LogP contribution in [0.2, 0.25) is 0 Å². The lowest BCUT2D eigenvalue weighted by molar-refractivity contribution is 0.581. The van der Waals surface area contributed by atoms with Crippen molar-refractivity contribution >= 4 is 15.7 Å². The molecule has 0 aromatic heterocycles. The van der Waals surface area contributed by atoms with Crippen LogP contribution in [0, 0.1) is 19.7 Å². The van der Waals surface area contributed by atoms with E-state index in [1.165, 1.54) is 24.3 Å². The standard InChI is InChI=1S/C15H17FN2O2S/c1-10-3-8-14(17)15(11(10)2)21(19,20)18-9-12-4-6-13(16)7-5-12/h3-8,18H,9,17H2,1-2H3. The predicted molar refractivity (Wildman–Crippen MR) is 80.8 cm³/mol. The summed E-state index contributed by atoms with van der Waals surface area (Å²) in [6, 6.07) is 9.00. The molecule has 2 aromatic carbocycles. The number of hydrogen-bond donors (Lipinski definition) is 2. The fraction of sp³-hybridized carbons (Fsp3) is 0.200. The number of rotatable bonds is 4. The van der Waals surface area contributed by atoms with Gasteiger partial charge in [0, 0.05) is 6.54 Å². The summed E-state index contributed by atoms with van der Waals surface area (Å²) in [4.78, 5) is 0.101. The van der Waals surface area contributed by atoms with Crippen molar-refractivity contribution in [2.45, 2.75) is 25.3 Å². The molecule has 2 aromatic rings. The molecule has 6 heteroatoms. The molecule has 3 N–H and O–H groups in total. The van der Waals surface area contributed by atoms with Gasteiger partial charge in [0.1, 0.15) is 10.7 Å². The maximum Gasteiger partial charge on any atom is 0.243 e. The molecule has 2 rings (SSSR count). The average molecular weight is 308 g/mol. The van der Waals surface area contributed by atoms with E-state index in [1.54, 1.807) is 19.1 Å². The van der Waals surface area contributed by atoms with Crippen molar-refractivity contribution in [1.82, 2.24) is 4.72 Å². The molecule has 0 amide bonds. The Balaban J connectivity index is 2.27. The molecular weight excluding hydrogens is 291 g/mol. The maximum absolute atomic E-state index is 12.8. The molecule has 0 saturated heterocycles. The van der Waals surface area contributed by atoms with Crippen LogP contribution in [-0.4, -0.2) is 8.42 Å². The van der Waals surface area contributed by atoms with Crippen molar-refractivity contribution in [3.8, 4) is 0 Å². The van der Waals surface area contributed by atoms with Crippen molar-refractivity contribution in [2.24, 2.45) is 0 Å². The van der Waals surface area contributed by atoms with Crippen LogP contribution in [-0.2, 0) is 16.6 Å². The summed E-state index contributed by atoms with van der Waals surface area (Å²) in [5, 5.41) is 0. The lowest BCUT2D eigenvalue weighted by Gasteiger charge is -2.13. The summed E-state index contributed by atoms with van der Waals surface area (Å²) in [6.07, 6.45) is 0. The van der Waals surface area contributed by atoms with E-state index in [0.717, 1.165) is 5.56 Å². The number of hydrogen-bond acceptors (Lipinski definition) is 3. The Kier molecular flexibility index (Phi) is 4.29. The van der Waals surface area contributed by atoms with Gasteiger partial charge in [0.05, 0.1) is 5.69 Å². The minimum Gasteiger partial charge on any atom is -0.398 e. The fourth-order valence-corrected chi connectivity index (χ4v) is 3.46. The maximum atomic E-state index is 12.8. The molecular formula is C15H17FN2O2S. The Morgan fingerprint density at radius 1 is 1.10 bits per heavy atom. The largest absolute Gasteiger partial charge is 0.398 e. The van der Waals surface area contributed by atoms with Crippen molar-refractivity contribution < 1.29 is 12.8 Å². The van der Waals surface area contributed by atoms with Crippen molar-refractivity contribution in [3.05, 3.63) is 58.9 Å². The molecule has 112 valence electrons. The second kappa shape index (κ2) is 5.83. The number of benzene rings is 2. The topological polar surface area (TPSA) is 72.2 Å². The molecule has 0 heterocycles. The van der Waals surface area contributed by atoms with Gasteiger partial charge in [0.15, 0.2) is 0 Å². The van der Waals surface area contributed by atoms with E-state index in [4.69, 9.17) is 5.73 Å². The molecule has 0 radical (unpaired) electrons. The fourth-order valence-electron chi connectivity index (χ4n) is 2.02. The number of nitrogens with one attached hydrogen (secondary N) is 1. The Morgan fingerprint density at radius 3 is 2.33 bits per heavy atom. The third-order valence-electron chi connectivity index (χ3n) is 3.36. The zero-order chi connectivity index (χ0) is 15.6. The van der Waals surface area contributed by atoms with E-state index in [-0.39, 0.29) is 22.9 Å². The average Bonchev–Trinajstić information content (AvgIpc) is 2.43. The van der Waals surface area contributed by atoms with Gasteiger partial charge in [-0.15, -0.1) is 0 Å². The Hall–Kier alpha value is -1.92. The SMILES string of the molecule is Cc1ccc(N)c(S(=O)(=O)NCc2ccc(F)cc2)c1C. The number of anilines is 1. The van der Waals surface area contributed by atoms with Crippen LogP contribution < -0.4 is 10.5 Å². The summed E-state index contributed by atoms with van der Waals surface area (Å²) < 4.78 is 40.1. The smallest absolute Gasteiger partial charge is 0.243 e. The molecule has 0 spiro atoms. The zero-order valence-corrected chi connectivity index (χ0v) is 12.7. The molecule has 0 aliphatic heterocycles. The van der Waals surface area contributed by atoms with Crippen LogP contribution >= 0.6 is 0 Å². The minimum absolute atomic E-state index is 0.0788. The first-order valence-electron chi connectivity index (χ1n) is 6.41. The molecule has 0 atom stereocenters. The van der Waals surface area contributed by atoms with E-state index >= 15 is 0 Å². The summed E-state index contributed by atoms with van der Waals surface area (Å²) in [5.41, 5.74) is 8.16. The van der Waals surface area contributed by atoms with Crippen molar-refractivity contribution in [2.75, 3.05) is 5.73 Å². The number of nitrogen functional groups attached to an aromatic ring is 1. The van der Waals surface area contributed by atoms with Crippen LogP contribution in [0.5, 0.6) is 0 Å². The van der Waals surface area contributed by atoms with E-state index in [1.807, 2.05) is 6.92 Å². The van der Waals surface area contributed by atoms with Gasteiger partial charge in [-0.1, -0.05) is 18.2 Å². The third kappa shape index (κ3) is 3.40. The molecule has 0 aliphatic carbocycles. The number of halogens is 1. The Bertz CT molecular complexity index is 756. The van der Waals surface area contributed by atoms with Gasteiger partial charge in [-0.05, 0) is 48.7 Å². The number of nitrogens with two attached hydrogens (primary N) is 1. The Morgan fingerprint density at radius 2 is 1.71 bits per heavy atom. The van der Waals surface area contributed by atoms with E-state index < -0.39 is 10.0 Å². The van der Waals surface area contributed by atoms with Crippen molar-refractivity contribution in [3.63, 3.8) is 0 Å². The first kappa shape index (κ1) is 15.5. The summed E-state index contributed by atoms with van der Waals surface area (Å²) in [7, 11) is -3.72. The van der Waals surface area contributed by atoms with Crippen LogP contribution in [0.3, 0.4) is 0 Å². The highest BCUT2D eigenvalue weighted by molar-refractivity contribution is 7.89. The van der Waals surface area contributed by atoms with Gasteiger partial charge >= 0.3 is 0 Å². The lowest BCUT2D eigenvalue weighted by atomic mass is 10.1. The van der Waals surface area contributed by atoms with E-state index in [9.17, 15) is 12.8 Å². The van der Waals surface area contributed by atoms with Gasteiger partial charge in [-0.25, -0.2) is 17.5 Å².